The third-order valence-corrected chi connectivity index (χ3v) is 3.77. The molecule has 5 heteroatoms. The highest BCUT2D eigenvalue weighted by atomic mass is 16.2. The second-order valence-electron chi connectivity index (χ2n) is 5.31. The molecule has 108 valence electrons. The molecule has 3 N–H and O–H groups in total. The van der Waals surface area contributed by atoms with Crippen LogP contribution in [0.25, 0.3) is 0 Å². The summed E-state index contributed by atoms with van der Waals surface area (Å²) in [6.07, 6.45) is 4.21. The van der Waals surface area contributed by atoms with E-state index in [1.807, 2.05) is 0 Å². The number of nitrogens with one attached hydrogen (secondary N) is 1. The first-order chi connectivity index (χ1) is 10.1. The molecule has 0 saturated carbocycles. The van der Waals surface area contributed by atoms with E-state index in [1.54, 1.807) is 47.6 Å². The van der Waals surface area contributed by atoms with Gasteiger partial charge in [0.05, 0.1) is 0 Å². The van der Waals surface area contributed by atoms with E-state index in [9.17, 15) is 9.59 Å². The second-order valence-corrected chi connectivity index (χ2v) is 5.31. The molecule has 1 atom stereocenters. The highest BCUT2D eigenvalue weighted by Gasteiger charge is 2.24. The van der Waals surface area contributed by atoms with Crippen LogP contribution in [0, 0.1) is 0 Å². The zero-order valence-electron chi connectivity index (χ0n) is 11.6. The Morgan fingerprint density at radius 2 is 1.81 bits per heavy atom. The molecule has 2 aromatic rings. The molecule has 1 unspecified atom stereocenters. The van der Waals surface area contributed by atoms with Gasteiger partial charge in [-0.3, -0.25) is 9.59 Å². The summed E-state index contributed by atoms with van der Waals surface area (Å²) in [5.74, 6) is -0.0814. The molecule has 3 rings (SSSR count). The van der Waals surface area contributed by atoms with Crippen molar-refractivity contribution in [2.45, 2.75) is 12.5 Å². The van der Waals surface area contributed by atoms with Gasteiger partial charge in [0.15, 0.2) is 5.78 Å². The first kappa shape index (κ1) is 13.6. The number of hydrogen-bond donors (Lipinski definition) is 2. The van der Waals surface area contributed by atoms with E-state index in [0.717, 1.165) is 6.42 Å². The molecule has 1 aliphatic rings. The number of aromatic nitrogens is 1. The third-order valence-electron chi connectivity index (χ3n) is 3.77. The number of aromatic amines is 1. The van der Waals surface area contributed by atoms with Gasteiger partial charge >= 0.3 is 0 Å². The standard InChI is InChI=1S/C16H17N3O2/c17-14-6-8-19(10-14)16(21)12-3-1-11(2-4-12)15(20)13-5-7-18-9-13/h1-5,7,9,14,18H,6,8,10,17H2. The average Bonchev–Trinajstić information content (AvgIpc) is 3.17. The zero-order chi connectivity index (χ0) is 14.8. The van der Waals surface area contributed by atoms with Crippen LogP contribution < -0.4 is 5.73 Å². The van der Waals surface area contributed by atoms with Crippen LogP contribution in [0.15, 0.2) is 42.7 Å². The number of hydrogen-bond acceptors (Lipinski definition) is 3. The summed E-state index contributed by atoms with van der Waals surface area (Å²) in [6.45, 7) is 1.30. The van der Waals surface area contributed by atoms with Crippen molar-refractivity contribution in [1.82, 2.24) is 9.88 Å². The lowest BCUT2D eigenvalue weighted by Gasteiger charge is -2.15. The summed E-state index contributed by atoms with van der Waals surface area (Å²) in [4.78, 5) is 29.1. The molecule has 0 radical (unpaired) electrons. The van der Waals surface area contributed by atoms with Crippen LogP contribution in [0.1, 0.15) is 32.7 Å². The van der Waals surface area contributed by atoms with Crippen LogP contribution in [-0.4, -0.2) is 40.7 Å². The summed E-state index contributed by atoms with van der Waals surface area (Å²) in [5.41, 5.74) is 7.59. The van der Waals surface area contributed by atoms with E-state index in [0.29, 0.717) is 29.8 Å². The van der Waals surface area contributed by atoms with Gasteiger partial charge in [-0.2, -0.15) is 0 Å². The number of likely N-dealkylation sites (tertiary alicyclic amines) is 1. The predicted molar refractivity (Wildman–Crippen MR) is 79.2 cm³/mol. The van der Waals surface area contributed by atoms with Crippen LogP contribution in [0.2, 0.25) is 0 Å². The van der Waals surface area contributed by atoms with Gasteiger partial charge in [0.25, 0.3) is 5.91 Å². The van der Waals surface area contributed by atoms with Crippen molar-refractivity contribution >= 4 is 11.7 Å². The van der Waals surface area contributed by atoms with E-state index >= 15 is 0 Å². The first-order valence-corrected chi connectivity index (χ1v) is 6.97. The lowest BCUT2D eigenvalue weighted by Crippen LogP contribution is -2.31. The number of carbonyl (C=O) groups excluding carboxylic acids is 2. The van der Waals surface area contributed by atoms with E-state index in [-0.39, 0.29) is 17.7 Å². The number of nitrogens with two attached hydrogens (primary N) is 1. The largest absolute Gasteiger partial charge is 0.367 e. The second kappa shape index (κ2) is 5.54. The smallest absolute Gasteiger partial charge is 0.253 e. The van der Waals surface area contributed by atoms with E-state index < -0.39 is 0 Å². The minimum Gasteiger partial charge on any atom is -0.367 e. The molecule has 1 aliphatic heterocycles. The molecule has 1 fully saturated rings. The Bertz CT molecular complexity index is 647. The summed E-state index contributed by atoms with van der Waals surface area (Å²) < 4.78 is 0. The normalized spacial score (nSPS) is 18.0. The molecule has 1 amide bonds. The molecule has 5 nitrogen and oxygen atoms in total. The van der Waals surface area contributed by atoms with Gasteiger partial charge in [-0.15, -0.1) is 0 Å². The van der Waals surface area contributed by atoms with Crippen molar-refractivity contribution in [3.63, 3.8) is 0 Å². The topological polar surface area (TPSA) is 79.2 Å². The van der Waals surface area contributed by atoms with Gasteiger partial charge in [-0.25, -0.2) is 0 Å². The molecular formula is C16H17N3O2. The fraction of sp³-hybridized carbons (Fsp3) is 0.250. The summed E-state index contributed by atoms with van der Waals surface area (Å²) in [7, 11) is 0. The maximum atomic E-state index is 12.3. The minimum absolute atomic E-state index is 0.0245. The summed E-state index contributed by atoms with van der Waals surface area (Å²) in [5, 5.41) is 0. The minimum atomic E-state index is -0.0570. The predicted octanol–water partition coefficient (Wildman–Crippen LogP) is 1.42. The number of H-pyrrole nitrogens is 1. The number of ketones is 1. The molecule has 21 heavy (non-hydrogen) atoms. The Morgan fingerprint density at radius 3 is 2.38 bits per heavy atom. The van der Waals surface area contributed by atoms with Crippen molar-refractivity contribution < 1.29 is 9.59 Å². The Hall–Kier alpha value is -2.40. The van der Waals surface area contributed by atoms with Crippen LogP contribution in [0.4, 0.5) is 0 Å². The quantitative estimate of drug-likeness (QED) is 0.836. The molecule has 0 spiro atoms. The zero-order valence-corrected chi connectivity index (χ0v) is 11.6. The number of amides is 1. The fourth-order valence-corrected chi connectivity index (χ4v) is 2.55. The van der Waals surface area contributed by atoms with Gasteiger partial charge in [0.2, 0.25) is 0 Å². The van der Waals surface area contributed by atoms with Gasteiger partial charge in [-0.05, 0) is 24.6 Å². The maximum Gasteiger partial charge on any atom is 0.253 e. The molecule has 0 aliphatic carbocycles. The SMILES string of the molecule is NC1CCN(C(=O)c2ccc(C(=O)c3cc[nH]c3)cc2)C1. The van der Waals surface area contributed by atoms with Crippen molar-refractivity contribution in [2.24, 2.45) is 5.73 Å². The van der Waals surface area contributed by atoms with Crippen molar-refractivity contribution in [3.05, 3.63) is 59.4 Å². The fourth-order valence-electron chi connectivity index (χ4n) is 2.55. The van der Waals surface area contributed by atoms with Crippen molar-refractivity contribution in [3.8, 4) is 0 Å². The number of nitrogens with zero attached hydrogens (tertiary/aromatic N) is 1. The highest BCUT2D eigenvalue weighted by Crippen LogP contribution is 2.15. The monoisotopic (exact) mass is 283 g/mol. The number of carbonyl (C=O) groups is 2. The third kappa shape index (κ3) is 2.73. The van der Waals surface area contributed by atoms with Gasteiger partial charge < -0.3 is 15.6 Å². The molecule has 0 bridgehead atoms. The lowest BCUT2D eigenvalue weighted by molar-refractivity contribution is 0.0790. The Kier molecular flexibility index (Phi) is 3.58. The van der Waals surface area contributed by atoms with E-state index in [4.69, 9.17) is 5.73 Å². The molecule has 1 saturated heterocycles. The summed E-state index contributed by atoms with van der Waals surface area (Å²) >= 11 is 0. The molecule has 1 aromatic heterocycles. The van der Waals surface area contributed by atoms with Crippen molar-refractivity contribution in [1.29, 1.82) is 0 Å². The first-order valence-electron chi connectivity index (χ1n) is 6.97. The van der Waals surface area contributed by atoms with E-state index in [2.05, 4.69) is 4.98 Å². The van der Waals surface area contributed by atoms with Crippen LogP contribution in [-0.2, 0) is 0 Å². The number of benzene rings is 1. The van der Waals surface area contributed by atoms with Gasteiger partial charge in [0, 0.05) is 48.2 Å². The maximum absolute atomic E-state index is 12.3. The van der Waals surface area contributed by atoms with E-state index in [1.165, 1.54) is 0 Å². The summed E-state index contributed by atoms with van der Waals surface area (Å²) in [6, 6.07) is 8.59. The van der Waals surface area contributed by atoms with Crippen LogP contribution in [0.5, 0.6) is 0 Å². The van der Waals surface area contributed by atoms with Gasteiger partial charge in [0.1, 0.15) is 0 Å². The lowest BCUT2D eigenvalue weighted by atomic mass is 10.0. The molecule has 1 aromatic carbocycles. The highest BCUT2D eigenvalue weighted by molar-refractivity contribution is 6.09. The number of rotatable bonds is 3. The average molecular weight is 283 g/mol. The van der Waals surface area contributed by atoms with Gasteiger partial charge in [-0.1, -0.05) is 12.1 Å². The Labute approximate surface area is 122 Å². The Balaban J connectivity index is 1.75. The Morgan fingerprint density at radius 1 is 1.10 bits per heavy atom. The molecule has 2 heterocycles. The van der Waals surface area contributed by atoms with Crippen LogP contribution in [0.3, 0.4) is 0 Å². The molecular weight excluding hydrogens is 266 g/mol. The van der Waals surface area contributed by atoms with Crippen molar-refractivity contribution in [2.75, 3.05) is 13.1 Å². The van der Waals surface area contributed by atoms with Crippen LogP contribution >= 0.6 is 0 Å².